The van der Waals surface area contributed by atoms with Crippen molar-refractivity contribution in [2.24, 2.45) is 0 Å². The number of amides is 1. The Labute approximate surface area is 149 Å². The molecule has 1 unspecified atom stereocenters. The van der Waals surface area contributed by atoms with E-state index in [0.717, 1.165) is 19.5 Å². The summed E-state index contributed by atoms with van der Waals surface area (Å²) < 4.78 is 5.30. The molecule has 1 aliphatic rings. The van der Waals surface area contributed by atoms with Crippen LogP contribution < -0.4 is 10.1 Å². The predicted molar refractivity (Wildman–Crippen MR) is 100 cm³/mol. The van der Waals surface area contributed by atoms with Gasteiger partial charge in [-0.2, -0.15) is 0 Å². The lowest BCUT2D eigenvalue weighted by atomic mass is 10.0. The number of methoxy groups -OCH3 is 1. The molecule has 2 aromatic rings. The Morgan fingerprint density at radius 2 is 1.76 bits per heavy atom. The van der Waals surface area contributed by atoms with Gasteiger partial charge in [-0.1, -0.05) is 42.5 Å². The van der Waals surface area contributed by atoms with Crippen molar-refractivity contribution in [3.63, 3.8) is 0 Å². The molecule has 25 heavy (non-hydrogen) atoms. The van der Waals surface area contributed by atoms with Gasteiger partial charge in [0.25, 0.3) is 5.91 Å². The van der Waals surface area contributed by atoms with Crippen LogP contribution in [0, 0.1) is 0 Å². The molecular weight excluding hydrogens is 312 g/mol. The van der Waals surface area contributed by atoms with Crippen LogP contribution in [0.25, 0.3) is 0 Å². The van der Waals surface area contributed by atoms with E-state index in [0.29, 0.717) is 23.9 Å². The van der Waals surface area contributed by atoms with E-state index in [1.54, 1.807) is 13.2 Å². The lowest BCUT2D eigenvalue weighted by Gasteiger charge is -2.28. The normalized spacial score (nSPS) is 15.7. The molecule has 3 rings (SSSR count). The van der Waals surface area contributed by atoms with Gasteiger partial charge in [0.1, 0.15) is 5.75 Å². The van der Waals surface area contributed by atoms with Gasteiger partial charge in [0.15, 0.2) is 0 Å². The fourth-order valence-electron chi connectivity index (χ4n) is 3.46. The number of hydrogen-bond acceptors (Lipinski definition) is 3. The number of nitrogens with zero attached hydrogens (tertiary/aromatic N) is 1. The first-order valence-electron chi connectivity index (χ1n) is 8.97. The second-order valence-corrected chi connectivity index (χ2v) is 6.50. The summed E-state index contributed by atoms with van der Waals surface area (Å²) in [5.74, 6) is 0.537. The van der Waals surface area contributed by atoms with Gasteiger partial charge in [0.2, 0.25) is 0 Å². The highest BCUT2D eigenvalue weighted by Gasteiger charge is 2.23. The average molecular weight is 338 g/mol. The lowest BCUT2D eigenvalue weighted by molar-refractivity contribution is 0.0934. The topological polar surface area (TPSA) is 41.6 Å². The smallest absolute Gasteiger partial charge is 0.255 e. The molecule has 1 N–H and O–H groups in total. The van der Waals surface area contributed by atoms with Gasteiger partial charge in [-0.25, -0.2) is 0 Å². The third-order valence-electron chi connectivity index (χ3n) is 4.82. The monoisotopic (exact) mass is 338 g/mol. The highest BCUT2D eigenvalue weighted by Crippen LogP contribution is 2.18. The van der Waals surface area contributed by atoms with Crippen molar-refractivity contribution in [2.45, 2.75) is 25.3 Å². The Bertz CT molecular complexity index is 681. The van der Waals surface area contributed by atoms with E-state index in [4.69, 9.17) is 4.74 Å². The summed E-state index contributed by atoms with van der Waals surface area (Å²) in [6.07, 6.45) is 3.44. The number of likely N-dealkylation sites (tertiary alicyclic amines) is 1. The fraction of sp³-hybridized carbons (Fsp3) is 0.381. The number of rotatable bonds is 7. The van der Waals surface area contributed by atoms with Gasteiger partial charge < -0.3 is 10.1 Å². The maximum absolute atomic E-state index is 12.6. The van der Waals surface area contributed by atoms with Crippen molar-refractivity contribution < 1.29 is 9.53 Å². The van der Waals surface area contributed by atoms with Gasteiger partial charge in [-0.15, -0.1) is 0 Å². The fourth-order valence-corrected chi connectivity index (χ4v) is 3.46. The number of carbonyl (C=O) groups excluding carboxylic acids is 1. The van der Waals surface area contributed by atoms with Gasteiger partial charge in [0, 0.05) is 12.6 Å². The highest BCUT2D eigenvalue weighted by molar-refractivity contribution is 5.96. The van der Waals surface area contributed by atoms with Crippen molar-refractivity contribution in [2.75, 3.05) is 26.7 Å². The Kier molecular flexibility index (Phi) is 6.07. The van der Waals surface area contributed by atoms with Crippen LogP contribution in [0.1, 0.15) is 28.8 Å². The van der Waals surface area contributed by atoms with Crippen LogP contribution in [-0.4, -0.2) is 43.6 Å². The molecule has 0 saturated carbocycles. The zero-order valence-corrected chi connectivity index (χ0v) is 14.8. The predicted octanol–water partition coefficient (Wildman–Crippen LogP) is 3.13. The van der Waals surface area contributed by atoms with Crippen molar-refractivity contribution in [1.82, 2.24) is 10.2 Å². The zero-order valence-electron chi connectivity index (χ0n) is 14.8. The van der Waals surface area contributed by atoms with Crippen LogP contribution in [0.3, 0.4) is 0 Å². The third kappa shape index (κ3) is 4.60. The standard InChI is InChI=1S/C21H26N2O2/c1-25-20-12-6-5-11-19(20)21(24)22-16-18(23-13-7-8-14-23)15-17-9-3-2-4-10-17/h2-6,9-12,18H,7-8,13-16H2,1H3,(H,22,24). The number of para-hydroxylation sites is 1. The van der Waals surface area contributed by atoms with Gasteiger partial charge in [-0.3, -0.25) is 9.69 Å². The molecule has 1 saturated heterocycles. The van der Waals surface area contributed by atoms with Crippen molar-refractivity contribution in [3.05, 3.63) is 65.7 Å². The number of hydrogen-bond donors (Lipinski definition) is 1. The van der Waals surface area contributed by atoms with Crippen LogP contribution in [0.15, 0.2) is 54.6 Å². The molecule has 132 valence electrons. The van der Waals surface area contributed by atoms with Crippen molar-refractivity contribution in [1.29, 1.82) is 0 Å². The molecular formula is C21H26N2O2. The van der Waals surface area contributed by atoms with E-state index in [1.165, 1.54) is 18.4 Å². The minimum Gasteiger partial charge on any atom is -0.496 e. The maximum Gasteiger partial charge on any atom is 0.255 e. The number of nitrogens with one attached hydrogen (secondary N) is 1. The molecule has 4 heteroatoms. The van der Waals surface area contributed by atoms with Crippen LogP contribution in [0.5, 0.6) is 5.75 Å². The van der Waals surface area contributed by atoms with Crippen LogP contribution >= 0.6 is 0 Å². The number of ether oxygens (including phenoxy) is 1. The second-order valence-electron chi connectivity index (χ2n) is 6.50. The molecule has 0 bridgehead atoms. The number of carbonyl (C=O) groups is 1. The van der Waals surface area contributed by atoms with Gasteiger partial charge >= 0.3 is 0 Å². The molecule has 0 spiro atoms. The number of benzene rings is 2. The molecule has 0 aliphatic carbocycles. The summed E-state index contributed by atoms with van der Waals surface area (Å²) in [5.41, 5.74) is 1.90. The third-order valence-corrected chi connectivity index (χ3v) is 4.82. The highest BCUT2D eigenvalue weighted by atomic mass is 16.5. The van der Waals surface area contributed by atoms with Crippen LogP contribution in [-0.2, 0) is 6.42 Å². The van der Waals surface area contributed by atoms with Crippen LogP contribution in [0.2, 0.25) is 0 Å². The molecule has 1 amide bonds. The Hall–Kier alpha value is -2.33. The molecule has 1 atom stereocenters. The SMILES string of the molecule is COc1ccccc1C(=O)NCC(Cc1ccccc1)N1CCCC1. The minimum atomic E-state index is -0.0743. The molecule has 0 radical (unpaired) electrons. The first kappa shape index (κ1) is 17.5. The van der Waals surface area contributed by atoms with Crippen LogP contribution in [0.4, 0.5) is 0 Å². The molecule has 1 fully saturated rings. The van der Waals surface area contributed by atoms with E-state index in [-0.39, 0.29) is 5.91 Å². The summed E-state index contributed by atoms with van der Waals surface area (Å²) in [5, 5.41) is 3.11. The van der Waals surface area contributed by atoms with E-state index < -0.39 is 0 Å². The molecule has 0 aromatic heterocycles. The van der Waals surface area contributed by atoms with E-state index in [1.807, 2.05) is 24.3 Å². The van der Waals surface area contributed by atoms with Gasteiger partial charge in [-0.05, 0) is 50.0 Å². The molecule has 1 heterocycles. The maximum atomic E-state index is 12.6. The minimum absolute atomic E-state index is 0.0743. The second kappa shape index (κ2) is 8.67. The zero-order chi connectivity index (χ0) is 17.5. The lowest BCUT2D eigenvalue weighted by Crippen LogP contribution is -2.44. The summed E-state index contributed by atoms with van der Waals surface area (Å²) in [6, 6.07) is 18.2. The summed E-state index contributed by atoms with van der Waals surface area (Å²) in [7, 11) is 1.59. The largest absolute Gasteiger partial charge is 0.496 e. The Morgan fingerprint density at radius 3 is 2.48 bits per heavy atom. The van der Waals surface area contributed by atoms with E-state index >= 15 is 0 Å². The van der Waals surface area contributed by atoms with E-state index in [9.17, 15) is 4.79 Å². The Morgan fingerprint density at radius 1 is 1.08 bits per heavy atom. The molecule has 2 aromatic carbocycles. The molecule has 1 aliphatic heterocycles. The average Bonchev–Trinajstić information content (AvgIpc) is 3.20. The summed E-state index contributed by atoms with van der Waals surface area (Å²) in [4.78, 5) is 15.1. The molecule has 4 nitrogen and oxygen atoms in total. The van der Waals surface area contributed by atoms with Crippen molar-refractivity contribution in [3.8, 4) is 5.75 Å². The van der Waals surface area contributed by atoms with Crippen molar-refractivity contribution >= 4 is 5.91 Å². The van der Waals surface area contributed by atoms with Gasteiger partial charge in [0.05, 0.1) is 12.7 Å². The van der Waals surface area contributed by atoms with E-state index in [2.05, 4.69) is 34.5 Å². The summed E-state index contributed by atoms with van der Waals surface area (Å²) in [6.45, 7) is 2.87. The first-order valence-corrected chi connectivity index (χ1v) is 8.97. The Balaban J connectivity index is 1.66. The summed E-state index contributed by atoms with van der Waals surface area (Å²) >= 11 is 0. The quantitative estimate of drug-likeness (QED) is 0.843. The first-order chi connectivity index (χ1) is 12.3.